The van der Waals surface area contributed by atoms with Gasteiger partial charge in [0.25, 0.3) is 0 Å². The number of carbonyl (C=O) groups is 4. The standard InChI is InChI=1S/C30H38N2O8/c1-17(2)15-24(27(35)39-18(3)25(26(33)34)32-29(37)40-30(4,5)6)31-28(36)38-16-23-21-13-9-7-11-19(21)20-12-8-10-14-22(20)23/h7-14,17-18,23-25H,15-16H2,1-6H3,(H,31,36)(H,32,37)(H,33,34)/t18-,24+,25+/m1/s1. The van der Waals surface area contributed by atoms with Crippen molar-refractivity contribution in [3.05, 3.63) is 59.7 Å². The first-order valence-corrected chi connectivity index (χ1v) is 13.3. The van der Waals surface area contributed by atoms with Crippen LogP contribution < -0.4 is 10.6 Å². The van der Waals surface area contributed by atoms with E-state index >= 15 is 0 Å². The van der Waals surface area contributed by atoms with E-state index in [2.05, 4.69) is 10.6 Å². The van der Waals surface area contributed by atoms with E-state index in [4.69, 9.17) is 14.2 Å². The van der Waals surface area contributed by atoms with E-state index in [1.807, 2.05) is 62.4 Å². The Balaban J connectivity index is 1.64. The van der Waals surface area contributed by atoms with Gasteiger partial charge in [-0.25, -0.2) is 19.2 Å². The Hall–Kier alpha value is -4.08. The summed E-state index contributed by atoms with van der Waals surface area (Å²) in [5.74, 6) is -2.40. The number of hydrogen-bond donors (Lipinski definition) is 3. The fourth-order valence-corrected chi connectivity index (χ4v) is 4.62. The highest BCUT2D eigenvalue weighted by atomic mass is 16.6. The van der Waals surface area contributed by atoms with Crippen LogP contribution in [0.2, 0.25) is 0 Å². The summed E-state index contributed by atoms with van der Waals surface area (Å²) < 4.78 is 16.1. The first-order valence-electron chi connectivity index (χ1n) is 13.3. The second kappa shape index (κ2) is 12.8. The Morgan fingerprint density at radius 1 is 0.875 bits per heavy atom. The van der Waals surface area contributed by atoms with Crippen LogP contribution in [0.4, 0.5) is 9.59 Å². The monoisotopic (exact) mass is 554 g/mol. The average molecular weight is 555 g/mol. The lowest BCUT2D eigenvalue weighted by Crippen LogP contribution is -2.52. The molecule has 216 valence electrons. The van der Waals surface area contributed by atoms with Crippen LogP contribution in [0.15, 0.2) is 48.5 Å². The number of amides is 2. The van der Waals surface area contributed by atoms with E-state index in [-0.39, 0.29) is 24.9 Å². The SMILES string of the molecule is CC(C)C[C@H](NC(=O)OCC1c2ccccc2-c2ccccc21)C(=O)O[C@H](C)[C@H](NC(=O)OC(C)(C)C)C(=O)O. The van der Waals surface area contributed by atoms with Crippen molar-refractivity contribution in [1.82, 2.24) is 10.6 Å². The fraction of sp³-hybridized carbons (Fsp3) is 0.467. The van der Waals surface area contributed by atoms with Crippen LogP contribution in [0, 0.1) is 5.92 Å². The van der Waals surface area contributed by atoms with Crippen molar-refractivity contribution in [2.24, 2.45) is 5.92 Å². The second-order valence-electron chi connectivity index (χ2n) is 11.3. The third kappa shape index (κ3) is 7.97. The van der Waals surface area contributed by atoms with Gasteiger partial charge in [0.15, 0.2) is 6.04 Å². The van der Waals surface area contributed by atoms with E-state index in [9.17, 15) is 24.3 Å². The molecule has 1 aliphatic rings. The van der Waals surface area contributed by atoms with E-state index in [0.717, 1.165) is 22.3 Å². The molecule has 0 fully saturated rings. The topological polar surface area (TPSA) is 140 Å². The predicted molar refractivity (Wildman–Crippen MR) is 148 cm³/mol. The van der Waals surface area contributed by atoms with Gasteiger partial charge in [-0.1, -0.05) is 62.4 Å². The minimum absolute atomic E-state index is 0.00287. The third-order valence-electron chi connectivity index (χ3n) is 6.34. The Morgan fingerprint density at radius 3 is 1.93 bits per heavy atom. The lowest BCUT2D eigenvalue weighted by atomic mass is 9.98. The molecule has 10 nitrogen and oxygen atoms in total. The first kappa shape index (κ1) is 30.5. The maximum Gasteiger partial charge on any atom is 0.408 e. The number of rotatable bonds is 10. The molecular weight excluding hydrogens is 516 g/mol. The van der Waals surface area contributed by atoms with E-state index in [1.54, 1.807) is 20.8 Å². The number of alkyl carbamates (subject to hydrolysis) is 2. The number of carboxylic acid groups (broad SMARTS) is 1. The van der Waals surface area contributed by atoms with Crippen LogP contribution >= 0.6 is 0 Å². The van der Waals surface area contributed by atoms with Gasteiger partial charge >= 0.3 is 24.1 Å². The average Bonchev–Trinajstić information content (AvgIpc) is 3.17. The third-order valence-corrected chi connectivity index (χ3v) is 6.34. The quantitative estimate of drug-likeness (QED) is 0.280. The van der Waals surface area contributed by atoms with Crippen LogP contribution in [0.25, 0.3) is 11.1 Å². The summed E-state index contributed by atoms with van der Waals surface area (Å²) in [7, 11) is 0. The van der Waals surface area contributed by atoms with Crippen LogP contribution in [0.1, 0.15) is 65.0 Å². The Morgan fingerprint density at radius 2 is 1.43 bits per heavy atom. The number of fused-ring (bicyclic) bond motifs is 3. The highest BCUT2D eigenvalue weighted by Crippen LogP contribution is 2.44. The van der Waals surface area contributed by atoms with Crippen LogP contribution in [-0.4, -0.2) is 59.6 Å². The van der Waals surface area contributed by atoms with Crippen molar-refractivity contribution in [3.8, 4) is 11.1 Å². The molecule has 2 amide bonds. The molecule has 0 saturated carbocycles. The van der Waals surface area contributed by atoms with Gasteiger partial charge in [-0.3, -0.25) is 0 Å². The van der Waals surface area contributed by atoms with Crippen molar-refractivity contribution in [2.45, 2.75) is 77.7 Å². The number of carboxylic acids is 1. The smallest absolute Gasteiger partial charge is 0.408 e. The van der Waals surface area contributed by atoms with Gasteiger partial charge < -0.3 is 30.0 Å². The van der Waals surface area contributed by atoms with E-state index < -0.39 is 47.9 Å². The zero-order chi connectivity index (χ0) is 29.6. The molecule has 3 N–H and O–H groups in total. The number of nitrogens with one attached hydrogen (secondary N) is 2. The summed E-state index contributed by atoms with van der Waals surface area (Å²) in [6.45, 7) is 10.1. The first-order chi connectivity index (χ1) is 18.8. The summed E-state index contributed by atoms with van der Waals surface area (Å²) in [5.41, 5.74) is 3.45. The van der Waals surface area contributed by atoms with Gasteiger partial charge in [-0.15, -0.1) is 0 Å². The Bertz CT molecular complexity index is 1190. The molecule has 0 heterocycles. The number of aliphatic carboxylic acids is 1. The zero-order valence-electron chi connectivity index (χ0n) is 23.7. The highest BCUT2D eigenvalue weighted by molar-refractivity contribution is 5.84. The summed E-state index contributed by atoms with van der Waals surface area (Å²) in [6, 6.07) is 13.2. The summed E-state index contributed by atoms with van der Waals surface area (Å²) >= 11 is 0. The molecule has 40 heavy (non-hydrogen) atoms. The van der Waals surface area contributed by atoms with Gasteiger partial charge in [0.2, 0.25) is 0 Å². The minimum atomic E-state index is -1.56. The van der Waals surface area contributed by atoms with E-state index in [0.29, 0.717) is 0 Å². The Kier molecular flexibility index (Phi) is 9.78. The van der Waals surface area contributed by atoms with Gasteiger partial charge in [0, 0.05) is 5.92 Å². The predicted octanol–water partition coefficient (Wildman–Crippen LogP) is 4.85. The molecule has 3 atom stereocenters. The molecule has 0 aliphatic heterocycles. The van der Waals surface area contributed by atoms with Crippen molar-refractivity contribution in [2.75, 3.05) is 6.61 Å². The molecule has 3 rings (SSSR count). The van der Waals surface area contributed by atoms with Crippen LogP contribution in [-0.2, 0) is 23.8 Å². The highest BCUT2D eigenvalue weighted by Gasteiger charge is 2.34. The van der Waals surface area contributed by atoms with E-state index in [1.165, 1.54) is 6.92 Å². The van der Waals surface area contributed by atoms with Crippen molar-refractivity contribution < 1.29 is 38.5 Å². The van der Waals surface area contributed by atoms with Crippen LogP contribution in [0.3, 0.4) is 0 Å². The van der Waals surface area contributed by atoms with Gasteiger partial charge in [0.05, 0.1) is 0 Å². The molecule has 0 saturated heterocycles. The molecule has 0 unspecified atom stereocenters. The number of carbonyl (C=O) groups excluding carboxylic acids is 3. The lowest BCUT2D eigenvalue weighted by Gasteiger charge is -2.26. The van der Waals surface area contributed by atoms with Gasteiger partial charge in [-0.2, -0.15) is 0 Å². The molecular formula is C30H38N2O8. The summed E-state index contributed by atoms with van der Waals surface area (Å²) in [6.07, 6.45) is -2.78. The maximum absolute atomic E-state index is 13.0. The number of esters is 1. The molecule has 0 radical (unpaired) electrons. The molecule has 0 spiro atoms. The molecule has 2 aromatic carbocycles. The molecule has 0 aromatic heterocycles. The normalized spacial score (nSPS) is 14.8. The molecule has 0 bridgehead atoms. The molecule has 10 heteroatoms. The number of benzene rings is 2. The lowest BCUT2D eigenvalue weighted by molar-refractivity contribution is -0.156. The number of hydrogen-bond acceptors (Lipinski definition) is 7. The number of ether oxygens (including phenoxy) is 3. The Labute approximate surface area is 234 Å². The molecule has 2 aromatic rings. The fourth-order valence-electron chi connectivity index (χ4n) is 4.62. The molecule has 1 aliphatic carbocycles. The van der Waals surface area contributed by atoms with Gasteiger partial charge in [0.1, 0.15) is 24.4 Å². The zero-order valence-corrected chi connectivity index (χ0v) is 23.7. The largest absolute Gasteiger partial charge is 0.480 e. The second-order valence-corrected chi connectivity index (χ2v) is 11.3. The van der Waals surface area contributed by atoms with Crippen molar-refractivity contribution in [1.29, 1.82) is 0 Å². The maximum atomic E-state index is 13.0. The summed E-state index contributed by atoms with van der Waals surface area (Å²) in [4.78, 5) is 49.7. The van der Waals surface area contributed by atoms with Crippen LogP contribution in [0.5, 0.6) is 0 Å². The van der Waals surface area contributed by atoms with Gasteiger partial charge in [-0.05, 0) is 62.3 Å². The van der Waals surface area contributed by atoms with Crippen molar-refractivity contribution >= 4 is 24.1 Å². The van der Waals surface area contributed by atoms with Crippen molar-refractivity contribution in [3.63, 3.8) is 0 Å². The minimum Gasteiger partial charge on any atom is -0.480 e. The summed E-state index contributed by atoms with van der Waals surface area (Å²) in [5, 5.41) is 14.4.